The number of rotatable bonds is 13. The third-order valence-electron chi connectivity index (χ3n) is 7.67. The number of amides is 1. The van der Waals surface area contributed by atoms with Crippen molar-refractivity contribution in [1.82, 2.24) is 24.5 Å². The van der Waals surface area contributed by atoms with Crippen LogP contribution >= 0.6 is 0 Å². The quantitative estimate of drug-likeness (QED) is 0.131. The minimum Gasteiger partial charge on any atom is -0.493 e. The number of carbonyl (C=O) groups is 1. The number of imidazole rings is 1. The van der Waals surface area contributed by atoms with Crippen LogP contribution in [-0.2, 0) is 4.74 Å². The molecule has 3 heterocycles. The van der Waals surface area contributed by atoms with Crippen molar-refractivity contribution in [2.24, 2.45) is 0 Å². The lowest BCUT2D eigenvalue weighted by molar-refractivity contribution is -0.0509. The predicted octanol–water partition coefficient (Wildman–Crippen LogP) is 4.66. The van der Waals surface area contributed by atoms with Gasteiger partial charge >= 0.3 is 0 Å². The lowest BCUT2D eigenvalue weighted by atomic mass is 10.1. The molecule has 2 aromatic heterocycles. The number of aliphatic hydroxyl groups excluding tert-OH is 1. The van der Waals surface area contributed by atoms with Crippen LogP contribution < -0.4 is 9.57 Å². The Morgan fingerprint density at radius 2 is 1.75 bits per heavy atom. The van der Waals surface area contributed by atoms with Gasteiger partial charge in [-0.15, -0.1) is 4.73 Å². The second-order valence-electron chi connectivity index (χ2n) is 12.4. The lowest BCUT2D eigenvalue weighted by Gasteiger charge is -2.32. The highest BCUT2D eigenvalue weighted by molar-refractivity contribution is 6.76. The molecule has 0 bridgehead atoms. The molecule has 1 aliphatic rings. The van der Waals surface area contributed by atoms with Crippen LogP contribution in [0.2, 0.25) is 25.7 Å². The zero-order valence-corrected chi connectivity index (χ0v) is 27.2. The van der Waals surface area contributed by atoms with Gasteiger partial charge in [-0.25, -0.2) is 9.97 Å². The number of nitrogens with zero attached hydrogens (tertiary/aromatic N) is 5. The van der Waals surface area contributed by atoms with E-state index in [4.69, 9.17) is 24.4 Å². The summed E-state index contributed by atoms with van der Waals surface area (Å²) in [5, 5.41) is 9.12. The minimum absolute atomic E-state index is 0.0373. The number of carbonyl (C=O) groups excluding carboxylic acids is 1. The number of ether oxygens (including phenoxy) is 2. The Labute approximate surface area is 260 Å². The highest BCUT2D eigenvalue weighted by Gasteiger charge is 2.22. The number of hydrogen-bond donors (Lipinski definition) is 1. The molecule has 0 saturated carbocycles. The van der Waals surface area contributed by atoms with E-state index in [1.807, 2.05) is 59.5 Å². The topological polar surface area (TPSA) is 102 Å². The van der Waals surface area contributed by atoms with Crippen molar-refractivity contribution in [2.75, 3.05) is 59.8 Å². The van der Waals surface area contributed by atoms with E-state index in [0.29, 0.717) is 47.9 Å². The predicted molar refractivity (Wildman–Crippen MR) is 175 cm³/mol. The summed E-state index contributed by atoms with van der Waals surface area (Å²) in [6.45, 7) is 11.3. The van der Waals surface area contributed by atoms with E-state index in [0.717, 1.165) is 48.9 Å². The first-order chi connectivity index (χ1) is 21.2. The lowest BCUT2D eigenvalue weighted by Crippen LogP contribution is -2.47. The van der Waals surface area contributed by atoms with E-state index in [1.165, 1.54) is 0 Å². The molecule has 1 aliphatic heterocycles. The summed E-state index contributed by atoms with van der Waals surface area (Å²) in [4.78, 5) is 33.2. The molecule has 2 aromatic carbocycles. The van der Waals surface area contributed by atoms with E-state index in [2.05, 4.69) is 36.6 Å². The highest BCUT2D eigenvalue weighted by atomic mass is 28.3. The summed E-state index contributed by atoms with van der Waals surface area (Å²) in [6, 6.07) is 18.3. The Morgan fingerprint density at radius 3 is 2.48 bits per heavy atom. The van der Waals surface area contributed by atoms with Gasteiger partial charge in [-0.3, -0.25) is 4.79 Å². The fraction of sp³-hybridized carbons (Fsp3) is 0.424. The molecule has 0 atom stereocenters. The van der Waals surface area contributed by atoms with Gasteiger partial charge in [0.2, 0.25) is 6.79 Å². The zero-order valence-electron chi connectivity index (χ0n) is 26.2. The number of benzene rings is 2. The molecule has 1 saturated heterocycles. The maximum absolute atomic E-state index is 13.2. The first-order valence-electron chi connectivity index (χ1n) is 15.2. The van der Waals surface area contributed by atoms with Crippen molar-refractivity contribution < 1.29 is 24.2 Å². The van der Waals surface area contributed by atoms with Gasteiger partial charge in [0.15, 0.2) is 11.5 Å². The van der Waals surface area contributed by atoms with Crippen LogP contribution in [0.25, 0.3) is 33.7 Å². The SMILES string of the molecule is CN1CCN(C(=O)c2ccc(-c3nc4c(-c5cccc(OCCCO)c5)ccnc4n3OCOCC[Si](C)(C)C)cc2)CC1. The summed E-state index contributed by atoms with van der Waals surface area (Å²) in [6.07, 6.45) is 2.31. The van der Waals surface area contributed by atoms with Gasteiger partial charge in [0.1, 0.15) is 11.3 Å². The zero-order chi connectivity index (χ0) is 31.1. The van der Waals surface area contributed by atoms with Crippen molar-refractivity contribution in [1.29, 1.82) is 0 Å². The number of aromatic nitrogens is 3. The van der Waals surface area contributed by atoms with Crippen molar-refractivity contribution in [3.05, 3.63) is 66.4 Å². The monoisotopic (exact) mass is 617 g/mol. The summed E-state index contributed by atoms with van der Waals surface area (Å²) in [5.74, 6) is 1.33. The van der Waals surface area contributed by atoms with Gasteiger partial charge < -0.3 is 29.2 Å². The fourth-order valence-electron chi connectivity index (χ4n) is 4.98. The molecule has 11 heteroatoms. The van der Waals surface area contributed by atoms with Crippen LogP contribution in [0.3, 0.4) is 0 Å². The Bertz CT molecular complexity index is 1540. The first-order valence-corrected chi connectivity index (χ1v) is 18.9. The van der Waals surface area contributed by atoms with Crippen LogP contribution in [-0.4, -0.2) is 103 Å². The third-order valence-corrected chi connectivity index (χ3v) is 9.37. The summed E-state index contributed by atoms with van der Waals surface area (Å²) in [7, 11) is 0.835. The van der Waals surface area contributed by atoms with Gasteiger partial charge in [0, 0.05) is 76.8 Å². The molecule has 0 spiro atoms. The van der Waals surface area contributed by atoms with Crippen molar-refractivity contribution in [3.63, 3.8) is 0 Å². The second kappa shape index (κ2) is 14.3. The van der Waals surface area contributed by atoms with Gasteiger partial charge in [-0.1, -0.05) is 43.9 Å². The van der Waals surface area contributed by atoms with Gasteiger partial charge in [0.25, 0.3) is 5.91 Å². The van der Waals surface area contributed by atoms with E-state index >= 15 is 0 Å². The van der Waals surface area contributed by atoms with Crippen LogP contribution in [0.5, 0.6) is 5.75 Å². The summed E-state index contributed by atoms with van der Waals surface area (Å²) < 4.78 is 13.3. The Balaban J connectivity index is 1.46. The molecule has 0 unspecified atom stereocenters. The molecule has 44 heavy (non-hydrogen) atoms. The molecule has 5 rings (SSSR count). The number of aliphatic hydroxyl groups is 1. The standard InChI is InChI=1S/C33H43N5O5Si/c1-36-15-17-37(18-16-36)33(40)26-11-9-25(10-12-26)31-35-30-29(27-7-5-8-28(23-27)42-20-6-19-39)13-14-34-32(30)38(31)43-24-41-21-22-44(2,3)4/h5,7-14,23,39H,6,15-22,24H2,1-4H3. The van der Waals surface area contributed by atoms with Crippen molar-refractivity contribution in [2.45, 2.75) is 32.1 Å². The van der Waals surface area contributed by atoms with E-state index < -0.39 is 8.07 Å². The molecule has 4 aromatic rings. The van der Waals surface area contributed by atoms with Crippen LogP contribution in [0.1, 0.15) is 16.8 Å². The maximum Gasteiger partial charge on any atom is 0.253 e. The maximum atomic E-state index is 13.2. The smallest absolute Gasteiger partial charge is 0.253 e. The average molecular weight is 618 g/mol. The molecule has 1 fully saturated rings. The largest absolute Gasteiger partial charge is 0.493 e. The van der Waals surface area contributed by atoms with Crippen LogP contribution in [0.15, 0.2) is 60.8 Å². The highest BCUT2D eigenvalue weighted by Crippen LogP contribution is 2.32. The van der Waals surface area contributed by atoms with E-state index in [-0.39, 0.29) is 19.3 Å². The minimum atomic E-state index is -1.24. The van der Waals surface area contributed by atoms with Gasteiger partial charge in [-0.2, -0.15) is 0 Å². The molecule has 0 aliphatic carbocycles. The molecular formula is C33H43N5O5Si. The molecule has 234 valence electrons. The number of pyridine rings is 1. The van der Waals surface area contributed by atoms with Crippen molar-refractivity contribution in [3.8, 4) is 28.3 Å². The third kappa shape index (κ3) is 7.84. The first kappa shape index (κ1) is 31.6. The van der Waals surface area contributed by atoms with E-state index in [9.17, 15) is 4.79 Å². The molecule has 1 N–H and O–H groups in total. The second-order valence-corrected chi connectivity index (χ2v) is 18.0. The molecule has 1 amide bonds. The molecule has 0 radical (unpaired) electrons. The summed E-state index contributed by atoms with van der Waals surface area (Å²) in [5.41, 5.74) is 4.49. The van der Waals surface area contributed by atoms with Crippen molar-refractivity contribution >= 4 is 25.1 Å². The number of fused-ring (bicyclic) bond motifs is 1. The van der Waals surface area contributed by atoms with Gasteiger partial charge in [0.05, 0.1) is 6.61 Å². The fourth-order valence-corrected chi connectivity index (χ4v) is 5.74. The Hall–Kier alpha value is -3.77. The average Bonchev–Trinajstić information content (AvgIpc) is 3.39. The number of likely N-dealkylation sites (N-methyl/N-ethyl adjacent to an activating group) is 1. The van der Waals surface area contributed by atoms with E-state index in [1.54, 1.807) is 10.9 Å². The normalized spacial score (nSPS) is 14.2. The van der Waals surface area contributed by atoms with Gasteiger partial charge in [-0.05, 0) is 49.0 Å². The van der Waals surface area contributed by atoms with Crippen LogP contribution in [0, 0.1) is 0 Å². The molecule has 10 nitrogen and oxygen atoms in total. The Morgan fingerprint density at radius 1 is 0.977 bits per heavy atom. The molecular weight excluding hydrogens is 574 g/mol. The number of piperazine rings is 1. The number of hydrogen-bond acceptors (Lipinski definition) is 8. The van der Waals surface area contributed by atoms with Crippen LogP contribution in [0.4, 0.5) is 0 Å². The summed E-state index contributed by atoms with van der Waals surface area (Å²) >= 11 is 0. The Kier molecular flexibility index (Phi) is 10.3.